The molecular weight excluding hydrogens is 1300 g/mol. The third kappa shape index (κ3) is 14.5. The number of allylic oxidation sites excluding steroid dienone is 2. The molecule has 1 radical (unpaired) electrons. The summed E-state index contributed by atoms with van der Waals surface area (Å²) < 4.78 is 0. The average molecular weight is 1400 g/mol. The third-order valence-corrected chi connectivity index (χ3v) is 20.5. The minimum absolute atomic E-state index is 0. The van der Waals surface area contributed by atoms with Gasteiger partial charge in [-0.25, -0.2) is 0 Å². The molecule has 0 spiro atoms. The van der Waals surface area contributed by atoms with Crippen molar-refractivity contribution in [3.8, 4) is 22.5 Å². The molecule has 467 valence electrons. The van der Waals surface area contributed by atoms with Gasteiger partial charge in [-0.3, -0.25) is 14.8 Å². The normalized spacial score (nSPS) is 13.3. The predicted octanol–water partition coefficient (Wildman–Crippen LogP) is 24.3. The molecule has 0 unspecified atom stereocenters. The van der Waals surface area contributed by atoms with Gasteiger partial charge in [-0.1, -0.05) is 223 Å². The SMILES string of the molecule is CC(C)(C)Cc1ccc2c(c1)cc1c3c(nccc32)-c2[c-]c3ccccc3c(CC(C)(C)C)c2S1.CCC(CC)C(=O)/C=C(\O)C(CC)(CC)CC.Cc1ccc2c(CC(C)(C)C)c3c([c-]c2c1)-c1nccc2c1c(cc1cc(CC(C)(C)C)ccc12)S3.[Ir]. The van der Waals surface area contributed by atoms with Crippen LogP contribution in [0.3, 0.4) is 0 Å². The van der Waals surface area contributed by atoms with Crippen molar-refractivity contribution < 1.29 is 30.0 Å². The average Bonchev–Trinajstić information content (AvgIpc) is 0.792. The zero-order valence-electron chi connectivity index (χ0n) is 56.4. The van der Waals surface area contributed by atoms with E-state index in [1.807, 2.05) is 49.8 Å². The molecule has 7 heteroatoms. The van der Waals surface area contributed by atoms with Gasteiger partial charge in [0.05, 0.1) is 0 Å². The molecule has 1 N–H and O–H groups in total. The fourth-order valence-corrected chi connectivity index (χ4v) is 16.2. The van der Waals surface area contributed by atoms with Gasteiger partial charge in [0.15, 0.2) is 5.78 Å². The van der Waals surface area contributed by atoms with Crippen molar-refractivity contribution in [2.45, 2.75) is 202 Å². The molecule has 2 aliphatic rings. The predicted molar refractivity (Wildman–Crippen MR) is 381 cm³/mol. The molecule has 2 aliphatic heterocycles. The Hall–Kier alpha value is -5.82. The Morgan fingerprint density at radius 1 is 0.517 bits per heavy atom. The first-order valence-corrected chi connectivity index (χ1v) is 34.1. The molecule has 4 nitrogen and oxygen atoms in total. The second-order valence-corrected chi connectivity index (χ2v) is 32.3. The summed E-state index contributed by atoms with van der Waals surface area (Å²) in [6, 6.07) is 46.4. The third-order valence-electron chi connectivity index (χ3n) is 18.1. The first-order valence-electron chi connectivity index (χ1n) is 32.5. The van der Waals surface area contributed by atoms with E-state index in [9.17, 15) is 9.90 Å². The van der Waals surface area contributed by atoms with Crippen LogP contribution in [-0.4, -0.2) is 20.9 Å². The number of rotatable bonds is 12. The summed E-state index contributed by atoms with van der Waals surface area (Å²) in [5, 5.41) is 25.6. The Bertz CT molecular complexity index is 4340. The summed E-state index contributed by atoms with van der Waals surface area (Å²) in [6.45, 7) is 40.3. The van der Waals surface area contributed by atoms with Crippen LogP contribution in [0.15, 0.2) is 147 Å². The molecular formula is C82H94IrN2O2S2-2. The molecule has 10 aromatic rings. The summed E-state index contributed by atoms with van der Waals surface area (Å²) >= 11 is 3.84. The molecule has 0 amide bonds. The van der Waals surface area contributed by atoms with Gasteiger partial charge in [-0.2, -0.15) is 0 Å². The molecule has 0 bridgehead atoms. The van der Waals surface area contributed by atoms with Crippen LogP contribution in [0, 0.1) is 52.0 Å². The summed E-state index contributed by atoms with van der Waals surface area (Å²) in [5.41, 5.74) is 12.1. The quantitative estimate of drug-likeness (QED) is 0.0569. The molecule has 12 rings (SSSR count). The number of aromatic nitrogens is 2. The maximum absolute atomic E-state index is 12.0. The number of carbonyl (C=O) groups excluding carboxylic acids is 1. The Balaban J connectivity index is 0.000000168. The fraction of sp³-hybridized carbons (Fsp3) is 0.402. The van der Waals surface area contributed by atoms with Crippen molar-refractivity contribution in [1.82, 2.24) is 9.97 Å². The van der Waals surface area contributed by atoms with Gasteiger partial charge in [-0.15, -0.1) is 58.6 Å². The Kier molecular flexibility index (Phi) is 20.1. The van der Waals surface area contributed by atoms with Crippen molar-refractivity contribution in [2.24, 2.45) is 33.0 Å². The number of hydrogen-bond donors (Lipinski definition) is 1. The molecule has 0 saturated heterocycles. The molecule has 0 aliphatic carbocycles. The topological polar surface area (TPSA) is 63.1 Å². The van der Waals surface area contributed by atoms with Crippen molar-refractivity contribution in [1.29, 1.82) is 0 Å². The Morgan fingerprint density at radius 3 is 1.38 bits per heavy atom. The van der Waals surface area contributed by atoms with Crippen molar-refractivity contribution in [2.75, 3.05) is 0 Å². The number of ketones is 1. The van der Waals surface area contributed by atoms with Gasteiger partial charge < -0.3 is 5.11 Å². The van der Waals surface area contributed by atoms with Crippen LogP contribution in [0.4, 0.5) is 0 Å². The largest absolute Gasteiger partial charge is 0.512 e. The summed E-state index contributed by atoms with van der Waals surface area (Å²) in [4.78, 5) is 27.2. The zero-order chi connectivity index (χ0) is 63.4. The molecule has 0 atom stereocenters. The van der Waals surface area contributed by atoms with E-state index in [0.717, 1.165) is 74.7 Å². The first kappa shape index (κ1) is 67.6. The Morgan fingerprint density at radius 2 is 0.944 bits per heavy atom. The van der Waals surface area contributed by atoms with Crippen molar-refractivity contribution >= 4 is 93.9 Å². The fourth-order valence-electron chi connectivity index (χ4n) is 13.6. The molecule has 2 aromatic heterocycles. The van der Waals surface area contributed by atoms with Crippen molar-refractivity contribution in [3.05, 3.63) is 167 Å². The summed E-state index contributed by atoms with van der Waals surface area (Å²) in [5.74, 6) is 0.412. The second-order valence-electron chi connectivity index (χ2n) is 30.2. The standard InChI is InChI=1S/C34H34NS.C33H32NS.C15H28O2.Ir/c1-20-8-10-25-22(14-20)16-27-31-30-26(12-13-35-31)24-11-9-21(18-33(2,3)4)15-23(24)17-29(30)36-32(27)28(25)19-34(5,6)7;1-32(2,3)18-20-11-12-24-22(15-20)17-28-29-25(24)13-14-34-30(29)26-16-21-9-7-8-10-23(21)27(31(26)35-28)19-33(4,5)6;1-6-12(7-2)13(16)11-14(17)15(8-3,9-4)10-5;/h8-15,17H,18-19H2,1-7H3;7-15,17H,18-19H2,1-6H3;11-12,17H,6-10H2,1-5H3;/q2*-1;;/b;;14-11-;. The minimum atomic E-state index is -0.207. The maximum Gasteiger partial charge on any atom is 0.162 e. The van der Waals surface area contributed by atoms with E-state index < -0.39 is 0 Å². The molecule has 4 heterocycles. The minimum Gasteiger partial charge on any atom is -0.512 e. The van der Waals surface area contributed by atoms with E-state index >= 15 is 0 Å². The number of hydrogen-bond acceptors (Lipinski definition) is 6. The van der Waals surface area contributed by atoms with Crippen LogP contribution >= 0.6 is 23.5 Å². The first-order chi connectivity index (χ1) is 41.5. The van der Waals surface area contributed by atoms with Gasteiger partial charge in [-0.05, 0) is 175 Å². The molecule has 0 saturated carbocycles. The van der Waals surface area contributed by atoms with E-state index in [0.29, 0.717) is 0 Å². The summed E-state index contributed by atoms with van der Waals surface area (Å²) in [6.07, 6.45) is 13.9. The van der Waals surface area contributed by atoms with E-state index in [-0.39, 0.29) is 64.6 Å². The number of aliphatic hydroxyl groups is 1. The number of pyridine rings is 2. The van der Waals surface area contributed by atoms with Gasteiger partial charge in [0.2, 0.25) is 0 Å². The van der Waals surface area contributed by atoms with Gasteiger partial charge in [0, 0.05) is 71.1 Å². The smallest absolute Gasteiger partial charge is 0.162 e. The van der Waals surface area contributed by atoms with E-state index in [1.165, 1.54) is 124 Å². The van der Waals surface area contributed by atoms with Crippen LogP contribution in [0.5, 0.6) is 0 Å². The van der Waals surface area contributed by atoms with Crippen LogP contribution in [0.2, 0.25) is 0 Å². The molecule has 0 fully saturated rings. The van der Waals surface area contributed by atoms with Crippen LogP contribution in [0.1, 0.15) is 178 Å². The molecule has 8 aromatic carbocycles. The number of carbonyl (C=O) groups is 1. The number of nitrogens with zero attached hydrogens (tertiary/aromatic N) is 2. The summed E-state index contributed by atoms with van der Waals surface area (Å²) in [7, 11) is 0. The second kappa shape index (κ2) is 26.4. The monoisotopic (exact) mass is 1400 g/mol. The van der Waals surface area contributed by atoms with E-state index in [4.69, 9.17) is 9.97 Å². The number of benzene rings is 8. The number of aryl methyl sites for hydroxylation is 1. The Labute approximate surface area is 554 Å². The van der Waals surface area contributed by atoms with Crippen molar-refractivity contribution in [3.63, 3.8) is 0 Å². The van der Waals surface area contributed by atoms with Gasteiger partial charge >= 0.3 is 0 Å². The maximum atomic E-state index is 12.0. The zero-order valence-corrected chi connectivity index (χ0v) is 60.4. The number of aliphatic hydroxyl groups excluding tert-OH is 1. The van der Waals surface area contributed by atoms with Gasteiger partial charge in [0.25, 0.3) is 0 Å². The van der Waals surface area contributed by atoms with Gasteiger partial charge in [0.1, 0.15) is 5.76 Å². The van der Waals surface area contributed by atoms with Crippen LogP contribution in [0.25, 0.3) is 87.1 Å². The molecule has 89 heavy (non-hydrogen) atoms. The van der Waals surface area contributed by atoms with E-state index in [2.05, 4.69) is 226 Å². The van der Waals surface area contributed by atoms with E-state index in [1.54, 1.807) is 0 Å². The van der Waals surface area contributed by atoms with Crippen LogP contribution in [-0.2, 0) is 50.6 Å². The van der Waals surface area contributed by atoms with Crippen LogP contribution < -0.4 is 0 Å². The number of fused-ring (bicyclic) bond motifs is 10.